The fraction of sp³-hybridized carbons (Fsp3) is 0.0588. The number of hydrogen-bond acceptors (Lipinski definition) is 4. The minimum atomic E-state index is 0.193. The van der Waals surface area contributed by atoms with Crippen LogP contribution in [-0.2, 0) is 0 Å². The molecule has 0 unspecified atom stereocenters. The van der Waals surface area contributed by atoms with Gasteiger partial charge < -0.3 is 10.0 Å². The Labute approximate surface area is 122 Å². The van der Waals surface area contributed by atoms with Gasteiger partial charge in [0.05, 0.1) is 11.3 Å². The highest BCUT2D eigenvalue weighted by molar-refractivity contribution is 5.95. The van der Waals surface area contributed by atoms with Crippen molar-refractivity contribution in [3.63, 3.8) is 0 Å². The minimum absolute atomic E-state index is 0.193. The first kappa shape index (κ1) is 12.9. The minimum Gasteiger partial charge on any atom is -0.508 e. The molecule has 1 N–H and O–H groups in total. The average molecular weight is 275 g/mol. The normalized spacial score (nSPS) is 10.3. The number of phenolic OH excluding ortho intramolecular Hbond substituents is 1. The molecule has 0 atom stereocenters. The molecule has 0 radical (unpaired) electrons. The number of para-hydroxylation sites is 1. The third kappa shape index (κ3) is 2.26. The number of aromatic nitrogens is 1. The van der Waals surface area contributed by atoms with Crippen LogP contribution in [0.1, 0.15) is 5.56 Å². The molecule has 4 heteroatoms. The molecule has 0 saturated heterocycles. The SMILES string of the molecule is CN(c1ccccc1C#N)c1nccc2ccc(O)cc12. The number of benzene rings is 2. The molecular weight excluding hydrogens is 262 g/mol. The van der Waals surface area contributed by atoms with Crippen molar-refractivity contribution < 1.29 is 5.11 Å². The molecule has 0 aliphatic rings. The highest BCUT2D eigenvalue weighted by Gasteiger charge is 2.13. The zero-order chi connectivity index (χ0) is 14.8. The molecule has 21 heavy (non-hydrogen) atoms. The van der Waals surface area contributed by atoms with Crippen molar-refractivity contribution in [3.05, 3.63) is 60.3 Å². The maximum Gasteiger partial charge on any atom is 0.140 e. The molecule has 2 aromatic carbocycles. The zero-order valence-corrected chi connectivity index (χ0v) is 11.5. The van der Waals surface area contributed by atoms with Gasteiger partial charge in [0, 0.05) is 18.6 Å². The molecule has 0 saturated carbocycles. The van der Waals surface area contributed by atoms with Crippen LogP contribution in [0, 0.1) is 11.3 Å². The summed E-state index contributed by atoms with van der Waals surface area (Å²) in [6.45, 7) is 0. The number of fused-ring (bicyclic) bond motifs is 1. The molecule has 3 aromatic rings. The monoisotopic (exact) mass is 275 g/mol. The van der Waals surface area contributed by atoms with E-state index in [1.165, 1.54) is 0 Å². The quantitative estimate of drug-likeness (QED) is 0.776. The topological polar surface area (TPSA) is 60.2 Å². The molecule has 3 rings (SSSR count). The van der Waals surface area contributed by atoms with Crippen molar-refractivity contribution in [2.75, 3.05) is 11.9 Å². The average Bonchev–Trinajstić information content (AvgIpc) is 2.53. The maximum atomic E-state index is 9.71. The standard InChI is InChI=1S/C17H13N3O/c1-20(16-5-3-2-4-13(16)11-18)17-15-10-14(21)7-6-12(15)8-9-19-17/h2-10,21H,1H3. The second-order valence-electron chi connectivity index (χ2n) is 4.73. The van der Waals surface area contributed by atoms with Crippen LogP contribution in [0.15, 0.2) is 54.7 Å². The molecule has 0 amide bonds. The lowest BCUT2D eigenvalue weighted by atomic mass is 10.1. The van der Waals surface area contributed by atoms with E-state index in [4.69, 9.17) is 0 Å². The van der Waals surface area contributed by atoms with Crippen molar-refractivity contribution in [2.24, 2.45) is 0 Å². The van der Waals surface area contributed by atoms with E-state index in [2.05, 4.69) is 11.1 Å². The van der Waals surface area contributed by atoms with E-state index in [0.717, 1.165) is 16.5 Å². The largest absolute Gasteiger partial charge is 0.508 e. The van der Waals surface area contributed by atoms with Crippen molar-refractivity contribution >= 4 is 22.3 Å². The number of hydrogen-bond donors (Lipinski definition) is 1. The first-order valence-corrected chi connectivity index (χ1v) is 6.51. The lowest BCUT2D eigenvalue weighted by Gasteiger charge is -2.21. The number of aromatic hydroxyl groups is 1. The highest BCUT2D eigenvalue weighted by atomic mass is 16.3. The van der Waals surface area contributed by atoms with Crippen LogP contribution in [0.2, 0.25) is 0 Å². The Morgan fingerprint density at radius 3 is 2.76 bits per heavy atom. The van der Waals surface area contributed by atoms with Gasteiger partial charge in [0.15, 0.2) is 0 Å². The van der Waals surface area contributed by atoms with Gasteiger partial charge in [-0.2, -0.15) is 5.26 Å². The molecule has 0 bridgehead atoms. The number of nitrogens with zero attached hydrogens (tertiary/aromatic N) is 3. The van der Waals surface area contributed by atoms with Crippen LogP contribution in [0.4, 0.5) is 11.5 Å². The van der Waals surface area contributed by atoms with Crippen LogP contribution in [-0.4, -0.2) is 17.1 Å². The van der Waals surface area contributed by atoms with Crippen LogP contribution in [0.25, 0.3) is 10.8 Å². The summed E-state index contributed by atoms with van der Waals surface area (Å²) in [5.41, 5.74) is 1.36. The molecule has 1 heterocycles. The third-order valence-corrected chi connectivity index (χ3v) is 3.43. The van der Waals surface area contributed by atoms with Crippen molar-refractivity contribution in [1.82, 2.24) is 4.98 Å². The van der Waals surface area contributed by atoms with E-state index in [0.29, 0.717) is 11.4 Å². The van der Waals surface area contributed by atoms with Gasteiger partial charge in [-0.25, -0.2) is 4.98 Å². The summed E-state index contributed by atoms with van der Waals surface area (Å²) in [6, 6.07) is 16.6. The van der Waals surface area contributed by atoms with Crippen molar-refractivity contribution in [3.8, 4) is 11.8 Å². The maximum absolute atomic E-state index is 9.71. The van der Waals surface area contributed by atoms with Gasteiger partial charge in [-0.15, -0.1) is 0 Å². The van der Waals surface area contributed by atoms with Crippen molar-refractivity contribution in [2.45, 2.75) is 0 Å². The lowest BCUT2D eigenvalue weighted by molar-refractivity contribution is 0.476. The Balaban J connectivity index is 2.20. The predicted molar refractivity (Wildman–Crippen MR) is 82.6 cm³/mol. The van der Waals surface area contributed by atoms with E-state index in [1.54, 1.807) is 24.4 Å². The molecule has 0 aliphatic carbocycles. The number of phenols is 1. The van der Waals surface area contributed by atoms with Crippen molar-refractivity contribution in [1.29, 1.82) is 5.26 Å². The van der Waals surface area contributed by atoms with Gasteiger partial charge >= 0.3 is 0 Å². The van der Waals surface area contributed by atoms with Crippen LogP contribution < -0.4 is 4.90 Å². The molecule has 0 spiro atoms. The van der Waals surface area contributed by atoms with E-state index in [9.17, 15) is 10.4 Å². The highest BCUT2D eigenvalue weighted by Crippen LogP contribution is 2.32. The number of nitriles is 1. The fourth-order valence-electron chi connectivity index (χ4n) is 2.38. The van der Waals surface area contributed by atoms with Crippen LogP contribution in [0.3, 0.4) is 0 Å². The van der Waals surface area contributed by atoms with Crippen LogP contribution in [0.5, 0.6) is 5.75 Å². The Hall–Kier alpha value is -3.06. The van der Waals surface area contributed by atoms with Gasteiger partial charge in [-0.3, -0.25) is 0 Å². The molecule has 4 nitrogen and oxygen atoms in total. The first-order chi connectivity index (χ1) is 10.2. The summed E-state index contributed by atoms with van der Waals surface area (Å²) >= 11 is 0. The number of pyridine rings is 1. The summed E-state index contributed by atoms with van der Waals surface area (Å²) in [6.07, 6.45) is 1.72. The van der Waals surface area contributed by atoms with Gasteiger partial charge in [-0.05, 0) is 35.7 Å². The molecule has 0 aliphatic heterocycles. The van der Waals surface area contributed by atoms with Gasteiger partial charge in [0.25, 0.3) is 0 Å². The Morgan fingerprint density at radius 1 is 1.14 bits per heavy atom. The number of rotatable bonds is 2. The third-order valence-electron chi connectivity index (χ3n) is 3.43. The van der Waals surface area contributed by atoms with E-state index >= 15 is 0 Å². The fourth-order valence-corrected chi connectivity index (χ4v) is 2.38. The number of anilines is 2. The van der Waals surface area contributed by atoms with E-state index < -0.39 is 0 Å². The van der Waals surface area contributed by atoms with E-state index in [1.807, 2.05) is 42.3 Å². The summed E-state index contributed by atoms with van der Waals surface area (Å²) in [4.78, 5) is 6.27. The second kappa shape index (κ2) is 5.14. The first-order valence-electron chi connectivity index (χ1n) is 6.51. The molecule has 0 fully saturated rings. The van der Waals surface area contributed by atoms with E-state index in [-0.39, 0.29) is 5.75 Å². The summed E-state index contributed by atoms with van der Waals surface area (Å²) < 4.78 is 0. The molecule has 102 valence electrons. The predicted octanol–water partition coefficient (Wildman–Crippen LogP) is 3.58. The zero-order valence-electron chi connectivity index (χ0n) is 11.5. The smallest absolute Gasteiger partial charge is 0.140 e. The summed E-state index contributed by atoms with van der Waals surface area (Å²) in [5, 5.41) is 20.8. The molecular formula is C17H13N3O. The summed E-state index contributed by atoms with van der Waals surface area (Å²) in [7, 11) is 1.86. The van der Waals surface area contributed by atoms with Gasteiger partial charge in [0.1, 0.15) is 17.6 Å². The van der Waals surface area contributed by atoms with Crippen LogP contribution >= 0.6 is 0 Å². The second-order valence-corrected chi connectivity index (χ2v) is 4.73. The van der Waals surface area contributed by atoms with Gasteiger partial charge in [0.2, 0.25) is 0 Å². The Kier molecular flexibility index (Phi) is 3.17. The van der Waals surface area contributed by atoms with Gasteiger partial charge in [-0.1, -0.05) is 18.2 Å². The molecule has 1 aromatic heterocycles. The Morgan fingerprint density at radius 2 is 1.95 bits per heavy atom. The summed E-state index contributed by atoms with van der Waals surface area (Å²) in [5.74, 6) is 0.893. The lowest BCUT2D eigenvalue weighted by Crippen LogP contribution is -2.13. The Bertz CT molecular complexity index is 852.